The van der Waals surface area contributed by atoms with Crippen molar-refractivity contribution in [3.8, 4) is 5.75 Å². The van der Waals surface area contributed by atoms with Gasteiger partial charge in [0.05, 0.1) is 6.54 Å². The second kappa shape index (κ2) is 5.69. The van der Waals surface area contributed by atoms with E-state index in [4.69, 9.17) is 4.74 Å². The van der Waals surface area contributed by atoms with Crippen molar-refractivity contribution in [2.75, 3.05) is 13.1 Å². The van der Waals surface area contributed by atoms with Crippen LogP contribution in [0.25, 0.3) is 0 Å². The van der Waals surface area contributed by atoms with Gasteiger partial charge in [-0.25, -0.2) is 0 Å². The van der Waals surface area contributed by atoms with Crippen LogP contribution < -0.4 is 4.74 Å². The summed E-state index contributed by atoms with van der Waals surface area (Å²) in [5.41, 5.74) is 0.671. The summed E-state index contributed by atoms with van der Waals surface area (Å²) in [4.78, 5) is 22.0. The van der Waals surface area contributed by atoms with E-state index in [9.17, 15) is 4.79 Å². The number of nitrogens with zero attached hydrogens (tertiary/aromatic N) is 3. The van der Waals surface area contributed by atoms with Crippen LogP contribution in [0.2, 0.25) is 0 Å². The van der Waals surface area contributed by atoms with Crippen molar-refractivity contribution in [3.63, 3.8) is 0 Å². The number of rotatable bonds is 3. The van der Waals surface area contributed by atoms with Crippen LogP contribution in [-0.2, 0) is 0 Å². The molecule has 1 aliphatic rings. The van der Waals surface area contributed by atoms with Crippen molar-refractivity contribution < 1.29 is 9.53 Å². The predicted molar refractivity (Wildman–Crippen MR) is 73.4 cm³/mol. The lowest BCUT2D eigenvalue weighted by Crippen LogP contribution is -2.30. The third-order valence-corrected chi connectivity index (χ3v) is 3.31. The van der Waals surface area contributed by atoms with Crippen LogP contribution in [0.5, 0.6) is 5.75 Å². The maximum Gasteiger partial charge on any atom is 0.254 e. The average Bonchev–Trinajstić information content (AvgIpc) is 2.97. The van der Waals surface area contributed by atoms with Gasteiger partial charge in [-0.05, 0) is 24.3 Å². The van der Waals surface area contributed by atoms with E-state index in [0.717, 1.165) is 18.7 Å². The number of hydrogen-bond donors (Lipinski definition) is 0. The van der Waals surface area contributed by atoms with Gasteiger partial charge in [0.15, 0.2) is 0 Å². The zero-order chi connectivity index (χ0) is 13.8. The van der Waals surface area contributed by atoms with Gasteiger partial charge in [-0.3, -0.25) is 14.8 Å². The molecule has 1 atom stereocenters. The number of likely N-dealkylation sites (tertiary alicyclic amines) is 1. The minimum atomic E-state index is 0.0354. The summed E-state index contributed by atoms with van der Waals surface area (Å²) in [6.07, 6.45) is 7.55. The maximum atomic E-state index is 12.3. The standard InChI is InChI=1S/C15H15N3O2/c19-15(12-1-6-16-7-2-12)18-10-5-14(11-18)20-13-3-8-17-9-4-13/h1-4,6-9,14H,5,10-11H2/t14-/m1/s1. The normalized spacial score (nSPS) is 18.0. The Balaban J connectivity index is 1.61. The zero-order valence-corrected chi connectivity index (χ0v) is 11.0. The monoisotopic (exact) mass is 269 g/mol. The van der Waals surface area contributed by atoms with Crippen molar-refractivity contribution >= 4 is 5.91 Å². The van der Waals surface area contributed by atoms with E-state index in [1.54, 1.807) is 36.9 Å². The number of amides is 1. The summed E-state index contributed by atoms with van der Waals surface area (Å²) in [5.74, 6) is 0.830. The number of hydrogen-bond acceptors (Lipinski definition) is 4. The first-order chi connectivity index (χ1) is 9.83. The predicted octanol–water partition coefficient (Wildman–Crippen LogP) is 1.77. The van der Waals surface area contributed by atoms with Crippen LogP contribution in [0.1, 0.15) is 16.8 Å². The highest BCUT2D eigenvalue weighted by Crippen LogP contribution is 2.19. The lowest BCUT2D eigenvalue weighted by atomic mass is 10.2. The highest BCUT2D eigenvalue weighted by Gasteiger charge is 2.28. The van der Waals surface area contributed by atoms with E-state index in [-0.39, 0.29) is 12.0 Å². The Morgan fingerprint density at radius 3 is 2.45 bits per heavy atom. The highest BCUT2D eigenvalue weighted by molar-refractivity contribution is 5.94. The van der Waals surface area contributed by atoms with Gasteiger partial charge in [0.1, 0.15) is 11.9 Å². The lowest BCUT2D eigenvalue weighted by Gasteiger charge is -2.17. The van der Waals surface area contributed by atoms with Gasteiger partial charge >= 0.3 is 0 Å². The molecular weight excluding hydrogens is 254 g/mol. The molecule has 0 aliphatic carbocycles. The summed E-state index contributed by atoms with van der Waals surface area (Å²) in [6, 6.07) is 7.12. The molecule has 3 rings (SSSR count). The van der Waals surface area contributed by atoms with Crippen LogP contribution in [0.3, 0.4) is 0 Å². The lowest BCUT2D eigenvalue weighted by molar-refractivity contribution is 0.0772. The average molecular weight is 269 g/mol. The molecule has 1 fully saturated rings. The molecule has 102 valence electrons. The van der Waals surface area contributed by atoms with Crippen molar-refractivity contribution in [3.05, 3.63) is 54.6 Å². The molecule has 2 aromatic heterocycles. The minimum Gasteiger partial charge on any atom is -0.488 e. The third-order valence-electron chi connectivity index (χ3n) is 3.31. The molecule has 1 saturated heterocycles. The molecule has 0 bridgehead atoms. The number of carbonyl (C=O) groups is 1. The number of pyridine rings is 2. The first kappa shape index (κ1) is 12.6. The molecule has 1 aliphatic heterocycles. The Kier molecular flexibility index (Phi) is 3.58. The Morgan fingerprint density at radius 1 is 1.10 bits per heavy atom. The van der Waals surface area contributed by atoms with Gasteiger partial charge in [-0.1, -0.05) is 0 Å². The molecule has 0 radical (unpaired) electrons. The highest BCUT2D eigenvalue weighted by atomic mass is 16.5. The van der Waals surface area contributed by atoms with Crippen LogP contribution >= 0.6 is 0 Å². The fourth-order valence-electron chi connectivity index (χ4n) is 2.30. The summed E-state index contributed by atoms with van der Waals surface area (Å²) >= 11 is 0. The molecule has 0 spiro atoms. The Hall–Kier alpha value is -2.43. The van der Waals surface area contributed by atoms with Gasteiger partial charge in [0, 0.05) is 43.3 Å². The number of carbonyl (C=O) groups excluding carboxylic acids is 1. The zero-order valence-electron chi connectivity index (χ0n) is 11.0. The van der Waals surface area contributed by atoms with Gasteiger partial charge in [-0.15, -0.1) is 0 Å². The Morgan fingerprint density at radius 2 is 1.75 bits per heavy atom. The molecule has 3 heterocycles. The van der Waals surface area contributed by atoms with Crippen molar-refractivity contribution in [1.82, 2.24) is 14.9 Å². The maximum absolute atomic E-state index is 12.3. The van der Waals surface area contributed by atoms with Crippen molar-refractivity contribution in [2.24, 2.45) is 0 Å². The number of aromatic nitrogens is 2. The molecule has 0 saturated carbocycles. The Bertz CT molecular complexity index is 574. The molecule has 1 amide bonds. The summed E-state index contributed by atoms with van der Waals surface area (Å²) in [5, 5.41) is 0. The van der Waals surface area contributed by atoms with Crippen LogP contribution in [0, 0.1) is 0 Å². The SMILES string of the molecule is O=C(c1ccncc1)N1CC[C@@H](Oc2ccncc2)C1. The third kappa shape index (κ3) is 2.77. The topological polar surface area (TPSA) is 55.3 Å². The molecule has 5 heteroatoms. The van der Waals surface area contributed by atoms with Gasteiger partial charge in [0.2, 0.25) is 0 Å². The smallest absolute Gasteiger partial charge is 0.254 e. The summed E-state index contributed by atoms with van der Waals surface area (Å²) in [6.45, 7) is 1.33. The second-order valence-electron chi connectivity index (χ2n) is 4.70. The fourth-order valence-corrected chi connectivity index (χ4v) is 2.30. The first-order valence-electron chi connectivity index (χ1n) is 6.59. The molecule has 5 nitrogen and oxygen atoms in total. The van der Waals surface area contributed by atoms with E-state index < -0.39 is 0 Å². The second-order valence-corrected chi connectivity index (χ2v) is 4.70. The van der Waals surface area contributed by atoms with Crippen LogP contribution in [-0.4, -0.2) is 40.0 Å². The van der Waals surface area contributed by atoms with Crippen LogP contribution in [0.15, 0.2) is 49.1 Å². The van der Waals surface area contributed by atoms with E-state index >= 15 is 0 Å². The van der Waals surface area contributed by atoms with E-state index in [1.807, 2.05) is 17.0 Å². The molecule has 0 N–H and O–H groups in total. The van der Waals surface area contributed by atoms with E-state index in [0.29, 0.717) is 12.1 Å². The van der Waals surface area contributed by atoms with Crippen molar-refractivity contribution in [2.45, 2.75) is 12.5 Å². The molecule has 0 unspecified atom stereocenters. The Labute approximate surface area is 117 Å². The molecule has 20 heavy (non-hydrogen) atoms. The van der Waals surface area contributed by atoms with Gasteiger partial charge in [0.25, 0.3) is 5.91 Å². The fraction of sp³-hybridized carbons (Fsp3) is 0.267. The van der Waals surface area contributed by atoms with Gasteiger partial charge < -0.3 is 9.64 Å². The van der Waals surface area contributed by atoms with E-state index in [1.165, 1.54) is 0 Å². The minimum absolute atomic E-state index is 0.0354. The molecule has 0 aromatic carbocycles. The largest absolute Gasteiger partial charge is 0.488 e. The van der Waals surface area contributed by atoms with Gasteiger partial charge in [-0.2, -0.15) is 0 Å². The quantitative estimate of drug-likeness (QED) is 0.852. The van der Waals surface area contributed by atoms with E-state index in [2.05, 4.69) is 9.97 Å². The molecule has 2 aromatic rings. The van der Waals surface area contributed by atoms with Crippen LogP contribution in [0.4, 0.5) is 0 Å². The van der Waals surface area contributed by atoms with Crippen molar-refractivity contribution in [1.29, 1.82) is 0 Å². The number of ether oxygens (including phenoxy) is 1. The molecular formula is C15H15N3O2. The summed E-state index contributed by atoms with van der Waals surface area (Å²) in [7, 11) is 0. The summed E-state index contributed by atoms with van der Waals surface area (Å²) < 4.78 is 5.85. The first-order valence-corrected chi connectivity index (χ1v) is 6.59.